The highest BCUT2D eigenvalue weighted by molar-refractivity contribution is 7.17. The van der Waals surface area contributed by atoms with Gasteiger partial charge in [-0.2, -0.15) is 0 Å². The summed E-state index contributed by atoms with van der Waals surface area (Å²) < 4.78 is 0. The summed E-state index contributed by atoms with van der Waals surface area (Å²) in [5.74, 6) is -0.329. The number of anilines is 1. The van der Waals surface area contributed by atoms with Gasteiger partial charge in [-0.25, -0.2) is 4.98 Å². The minimum absolute atomic E-state index is 0.118. The molecule has 0 fully saturated rings. The van der Waals surface area contributed by atoms with Crippen LogP contribution in [0.1, 0.15) is 22.3 Å². The van der Waals surface area contributed by atoms with Crippen molar-refractivity contribution >= 4 is 28.3 Å². The number of nitrogens with one attached hydrogen (secondary N) is 2. The number of carbonyl (C=O) groups excluding carboxylic acids is 2. The monoisotopic (exact) mass is 242 g/mol. The van der Waals surface area contributed by atoms with Gasteiger partial charge >= 0.3 is 0 Å². The summed E-state index contributed by atoms with van der Waals surface area (Å²) in [5, 5.41) is 5.63. The zero-order chi connectivity index (χ0) is 12.1. The highest BCUT2D eigenvalue weighted by Gasteiger charge is 2.13. The third kappa shape index (κ3) is 3.50. The summed E-state index contributed by atoms with van der Waals surface area (Å²) >= 11 is 1.15. The predicted octanol–water partition coefficient (Wildman–Crippen LogP) is -0.100. The summed E-state index contributed by atoms with van der Waals surface area (Å²) in [5.41, 5.74) is 6.11. The largest absolute Gasteiger partial charge is 0.375 e. The van der Waals surface area contributed by atoms with Crippen LogP contribution in [0.3, 0.4) is 0 Å². The number of rotatable bonds is 4. The van der Waals surface area contributed by atoms with Gasteiger partial charge in [-0.15, -0.1) is 0 Å². The molecule has 1 heterocycles. The Balaban J connectivity index is 2.41. The molecule has 1 aromatic rings. The topological polar surface area (TPSA) is 97.1 Å². The van der Waals surface area contributed by atoms with E-state index in [4.69, 9.17) is 5.73 Å². The molecule has 88 valence electrons. The zero-order valence-electron chi connectivity index (χ0n) is 9.16. The van der Waals surface area contributed by atoms with Crippen molar-refractivity contribution in [2.75, 3.05) is 18.8 Å². The molecule has 0 spiro atoms. The van der Waals surface area contributed by atoms with E-state index < -0.39 is 0 Å². The molecule has 1 aromatic heterocycles. The Labute approximate surface area is 97.2 Å². The van der Waals surface area contributed by atoms with Gasteiger partial charge in [-0.3, -0.25) is 9.59 Å². The number of thiazole rings is 1. The number of carbonyl (C=O) groups is 2. The number of nitrogens with two attached hydrogens (primary N) is 1. The lowest BCUT2D eigenvalue weighted by atomic mass is 10.4. The molecule has 4 N–H and O–H groups in total. The number of amides is 2. The summed E-state index contributed by atoms with van der Waals surface area (Å²) in [6.45, 7) is 3.95. The summed E-state index contributed by atoms with van der Waals surface area (Å²) in [6, 6.07) is 0. The van der Waals surface area contributed by atoms with Gasteiger partial charge in [-0.05, 0) is 6.92 Å². The van der Waals surface area contributed by atoms with Crippen LogP contribution in [0.5, 0.6) is 0 Å². The van der Waals surface area contributed by atoms with E-state index in [0.717, 1.165) is 11.3 Å². The lowest BCUT2D eigenvalue weighted by molar-refractivity contribution is -0.118. The Bertz CT molecular complexity index is 402. The van der Waals surface area contributed by atoms with Crippen LogP contribution >= 0.6 is 11.3 Å². The summed E-state index contributed by atoms with van der Waals surface area (Å²) in [7, 11) is 0. The van der Waals surface area contributed by atoms with Crippen LogP contribution in [-0.2, 0) is 4.79 Å². The first-order valence-corrected chi connectivity index (χ1v) is 5.58. The number of nitrogen functional groups attached to an aromatic ring is 1. The Hall–Kier alpha value is -1.63. The van der Waals surface area contributed by atoms with Crippen LogP contribution in [0, 0.1) is 6.92 Å². The van der Waals surface area contributed by atoms with E-state index >= 15 is 0 Å². The fraction of sp³-hybridized carbons (Fsp3) is 0.444. The van der Waals surface area contributed by atoms with Crippen molar-refractivity contribution in [3.63, 3.8) is 0 Å². The van der Waals surface area contributed by atoms with Crippen molar-refractivity contribution in [3.05, 3.63) is 10.6 Å². The molecular weight excluding hydrogens is 228 g/mol. The van der Waals surface area contributed by atoms with E-state index in [1.807, 2.05) is 0 Å². The lowest BCUT2D eigenvalue weighted by Gasteiger charge is -2.04. The molecule has 0 atom stereocenters. The molecule has 0 aliphatic carbocycles. The van der Waals surface area contributed by atoms with Gasteiger partial charge in [0.25, 0.3) is 5.91 Å². The number of hydrogen-bond donors (Lipinski definition) is 3. The second-order valence-electron chi connectivity index (χ2n) is 3.21. The molecule has 0 aromatic carbocycles. The maximum Gasteiger partial charge on any atom is 0.263 e. The average Bonchev–Trinajstić information content (AvgIpc) is 2.52. The van der Waals surface area contributed by atoms with Crippen molar-refractivity contribution in [1.82, 2.24) is 15.6 Å². The van der Waals surface area contributed by atoms with E-state index in [0.29, 0.717) is 28.8 Å². The third-order valence-electron chi connectivity index (χ3n) is 1.80. The molecule has 0 saturated heterocycles. The second kappa shape index (κ2) is 5.45. The first kappa shape index (κ1) is 12.4. The van der Waals surface area contributed by atoms with E-state index in [-0.39, 0.29) is 11.8 Å². The van der Waals surface area contributed by atoms with E-state index in [1.165, 1.54) is 6.92 Å². The van der Waals surface area contributed by atoms with Crippen LogP contribution in [0.15, 0.2) is 0 Å². The van der Waals surface area contributed by atoms with Gasteiger partial charge < -0.3 is 16.4 Å². The summed E-state index contributed by atoms with van der Waals surface area (Å²) in [6.07, 6.45) is 0. The maximum atomic E-state index is 11.6. The SMILES string of the molecule is CC(=O)NCCNC(=O)c1sc(N)nc1C. The van der Waals surface area contributed by atoms with Gasteiger partial charge in [0.05, 0.1) is 5.69 Å². The van der Waals surface area contributed by atoms with E-state index in [1.54, 1.807) is 6.92 Å². The van der Waals surface area contributed by atoms with Gasteiger partial charge in [0.15, 0.2) is 5.13 Å². The number of aryl methyl sites for hydroxylation is 1. The Morgan fingerprint density at radius 2 is 2.00 bits per heavy atom. The van der Waals surface area contributed by atoms with Crippen LogP contribution < -0.4 is 16.4 Å². The van der Waals surface area contributed by atoms with Crippen LogP contribution in [0.4, 0.5) is 5.13 Å². The molecule has 6 nitrogen and oxygen atoms in total. The molecule has 0 bridgehead atoms. The number of hydrogen-bond acceptors (Lipinski definition) is 5. The number of nitrogens with zero attached hydrogens (tertiary/aromatic N) is 1. The maximum absolute atomic E-state index is 11.6. The minimum Gasteiger partial charge on any atom is -0.375 e. The number of aromatic nitrogens is 1. The van der Waals surface area contributed by atoms with Crippen molar-refractivity contribution < 1.29 is 9.59 Å². The highest BCUT2D eigenvalue weighted by Crippen LogP contribution is 2.18. The zero-order valence-corrected chi connectivity index (χ0v) is 9.98. The minimum atomic E-state index is -0.211. The quantitative estimate of drug-likeness (QED) is 0.642. The molecule has 0 saturated carbocycles. The first-order valence-electron chi connectivity index (χ1n) is 4.76. The van der Waals surface area contributed by atoms with Crippen molar-refractivity contribution in [1.29, 1.82) is 0 Å². The van der Waals surface area contributed by atoms with Crippen LogP contribution in [0.25, 0.3) is 0 Å². The Morgan fingerprint density at radius 3 is 2.50 bits per heavy atom. The van der Waals surface area contributed by atoms with Crippen molar-refractivity contribution in [2.24, 2.45) is 0 Å². The summed E-state index contributed by atoms with van der Waals surface area (Å²) in [4.78, 5) is 26.7. The molecule has 2 amide bonds. The fourth-order valence-corrected chi connectivity index (χ4v) is 1.87. The molecule has 7 heteroatoms. The third-order valence-corrected chi connectivity index (χ3v) is 2.79. The normalized spacial score (nSPS) is 9.88. The van der Waals surface area contributed by atoms with Gasteiger partial charge in [0, 0.05) is 20.0 Å². The van der Waals surface area contributed by atoms with E-state index in [2.05, 4.69) is 15.6 Å². The standard InChI is InChI=1S/C9H14N4O2S/c1-5-7(16-9(10)13-5)8(15)12-4-3-11-6(2)14/h3-4H2,1-2H3,(H2,10,13)(H,11,14)(H,12,15). The first-order chi connectivity index (χ1) is 7.50. The van der Waals surface area contributed by atoms with Gasteiger partial charge in [-0.1, -0.05) is 11.3 Å². The van der Waals surface area contributed by atoms with Crippen molar-refractivity contribution in [2.45, 2.75) is 13.8 Å². The molecule has 0 radical (unpaired) electrons. The predicted molar refractivity (Wildman–Crippen MR) is 62.3 cm³/mol. The van der Waals surface area contributed by atoms with Crippen LogP contribution in [0.2, 0.25) is 0 Å². The molecule has 0 aliphatic rings. The van der Waals surface area contributed by atoms with E-state index in [9.17, 15) is 9.59 Å². The Morgan fingerprint density at radius 1 is 1.38 bits per heavy atom. The average molecular weight is 242 g/mol. The molecular formula is C9H14N4O2S. The fourth-order valence-electron chi connectivity index (χ4n) is 1.12. The lowest BCUT2D eigenvalue weighted by Crippen LogP contribution is -2.33. The smallest absolute Gasteiger partial charge is 0.263 e. The molecule has 0 aliphatic heterocycles. The molecule has 0 unspecified atom stereocenters. The highest BCUT2D eigenvalue weighted by atomic mass is 32.1. The van der Waals surface area contributed by atoms with Crippen molar-refractivity contribution in [3.8, 4) is 0 Å². The Kier molecular flexibility index (Phi) is 4.24. The molecule has 16 heavy (non-hydrogen) atoms. The second-order valence-corrected chi connectivity index (χ2v) is 4.24. The van der Waals surface area contributed by atoms with Gasteiger partial charge in [0.1, 0.15) is 4.88 Å². The van der Waals surface area contributed by atoms with Crippen LogP contribution in [-0.4, -0.2) is 29.9 Å². The molecule has 1 rings (SSSR count). The van der Waals surface area contributed by atoms with Gasteiger partial charge in [0.2, 0.25) is 5.91 Å².